The molecule has 0 unspecified atom stereocenters. The molecule has 1 saturated carbocycles. The Hall–Kier alpha value is -2.50. The molecule has 2 aromatic heterocycles. The first-order chi connectivity index (χ1) is 9.72. The predicted octanol–water partition coefficient (Wildman–Crippen LogP) is 2.13. The van der Waals surface area contributed by atoms with Crippen LogP contribution in [0.1, 0.15) is 24.6 Å². The Kier molecular flexibility index (Phi) is 2.26. The molecule has 0 bridgehead atoms. The number of hydrogen-bond donors (Lipinski definition) is 1. The fourth-order valence-electron chi connectivity index (χ4n) is 2.26. The molecule has 2 heterocycles. The highest BCUT2D eigenvalue weighted by molar-refractivity contribution is 5.75. The van der Waals surface area contributed by atoms with Gasteiger partial charge in [0.2, 0.25) is 0 Å². The van der Waals surface area contributed by atoms with E-state index >= 15 is 0 Å². The van der Waals surface area contributed by atoms with E-state index in [4.69, 9.17) is 0 Å². The van der Waals surface area contributed by atoms with Gasteiger partial charge in [-0.2, -0.15) is 5.10 Å². The summed E-state index contributed by atoms with van der Waals surface area (Å²) >= 11 is 0. The summed E-state index contributed by atoms with van der Waals surface area (Å²) in [6.45, 7) is 0. The maximum Gasteiger partial charge on any atom is 0.262 e. The van der Waals surface area contributed by atoms with Gasteiger partial charge in [0.15, 0.2) is 5.65 Å². The molecule has 1 fully saturated rings. The molecule has 0 atom stereocenters. The maximum absolute atomic E-state index is 13.0. The number of halogens is 1. The van der Waals surface area contributed by atoms with Crippen LogP contribution in [0.5, 0.6) is 0 Å². The van der Waals surface area contributed by atoms with Gasteiger partial charge in [-0.15, -0.1) is 0 Å². The minimum Gasteiger partial charge on any atom is -0.310 e. The van der Waals surface area contributed by atoms with E-state index in [2.05, 4.69) is 15.1 Å². The van der Waals surface area contributed by atoms with E-state index in [-0.39, 0.29) is 11.4 Å². The summed E-state index contributed by atoms with van der Waals surface area (Å²) in [5, 5.41) is 4.63. The SMILES string of the molecule is O=c1[nH]c(C2CC2)nc2c1cnn2-c1ccc(F)cc1. The lowest BCUT2D eigenvalue weighted by molar-refractivity contribution is 0.627. The van der Waals surface area contributed by atoms with Crippen molar-refractivity contribution in [1.82, 2.24) is 19.7 Å². The standard InChI is InChI=1S/C14H11FN4O/c15-9-3-5-10(6-4-9)19-13-11(7-16-19)14(20)18-12(17-13)8-1-2-8/h3-8H,1-2H2,(H,17,18,20). The molecule has 4 rings (SSSR count). The third-order valence-corrected chi connectivity index (χ3v) is 3.49. The molecular weight excluding hydrogens is 259 g/mol. The van der Waals surface area contributed by atoms with Crippen LogP contribution in [0, 0.1) is 5.82 Å². The van der Waals surface area contributed by atoms with Gasteiger partial charge in [0.05, 0.1) is 11.9 Å². The second-order valence-electron chi connectivity index (χ2n) is 5.00. The molecule has 1 aliphatic rings. The van der Waals surface area contributed by atoms with Crippen LogP contribution in [0.15, 0.2) is 35.3 Å². The molecular formula is C14H11FN4O. The zero-order chi connectivity index (χ0) is 13.7. The third kappa shape index (κ3) is 1.72. The van der Waals surface area contributed by atoms with Crippen molar-refractivity contribution in [2.24, 2.45) is 0 Å². The molecule has 1 aliphatic carbocycles. The average Bonchev–Trinajstić information content (AvgIpc) is 3.20. The molecule has 20 heavy (non-hydrogen) atoms. The highest BCUT2D eigenvalue weighted by Gasteiger charge is 2.27. The van der Waals surface area contributed by atoms with E-state index in [0.717, 1.165) is 12.8 Å². The summed E-state index contributed by atoms with van der Waals surface area (Å²) in [6, 6.07) is 5.94. The summed E-state index contributed by atoms with van der Waals surface area (Å²) < 4.78 is 14.5. The summed E-state index contributed by atoms with van der Waals surface area (Å²) in [5.74, 6) is 0.754. The zero-order valence-electron chi connectivity index (χ0n) is 10.5. The Labute approximate surface area is 113 Å². The van der Waals surface area contributed by atoms with Gasteiger partial charge in [0.25, 0.3) is 5.56 Å². The molecule has 1 N–H and O–H groups in total. The van der Waals surface area contributed by atoms with E-state index in [1.165, 1.54) is 18.3 Å². The van der Waals surface area contributed by atoms with Gasteiger partial charge in [-0.05, 0) is 37.1 Å². The number of hydrogen-bond acceptors (Lipinski definition) is 3. The molecule has 0 saturated heterocycles. The molecule has 6 heteroatoms. The summed E-state index contributed by atoms with van der Waals surface area (Å²) in [5.41, 5.74) is 1.02. The van der Waals surface area contributed by atoms with Crippen molar-refractivity contribution in [3.05, 3.63) is 52.5 Å². The van der Waals surface area contributed by atoms with Gasteiger partial charge < -0.3 is 4.98 Å². The van der Waals surface area contributed by atoms with Crippen molar-refractivity contribution >= 4 is 11.0 Å². The van der Waals surface area contributed by atoms with Gasteiger partial charge in [-0.1, -0.05) is 0 Å². The van der Waals surface area contributed by atoms with E-state index in [0.29, 0.717) is 28.5 Å². The van der Waals surface area contributed by atoms with E-state index in [9.17, 15) is 9.18 Å². The third-order valence-electron chi connectivity index (χ3n) is 3.49. The molecule has 3 aromatic rings. The summed E-state index contributed by atoms with van der Waals surface area (Å²) in [4.78, 5) is 19.3. The Morgan fingerprint density at radius 1 is 1.25 bits per heavy atom. The minimum atomic E-state index is -0.310. The highest BCUT2D eigenvalue weighted by Crippen LogP contribution is 2.37. The van der Waals surface area contributed by atoms with Crippen molar-refractivity contribution in [2.75, 3.05) is 0 Å². The predicted molar refractivity (Wildman–Crippen MR) is 71.4 cm³/mol. The fraction of sp³-hybridized carbons (Fsp3) is 0.214. The van der Waals surface area contributed by atoms with Gasteiger partial charge in [0, 0.05) is 5.92 Å². The van der Waals surface area contributed by atoms with Crippen LogP contribution < -0.4 is 5.56 Å². The number of H-pyrrole nitrogens is 1. The summed E-state index contributed by atoms with van der Waals surface area (Å²) in [7, 11) is 0. The first kappa shape index (κ1) is 11.3. The average molecular weight is 270 g/mol. The molecule has 100 valence electrons. The summed E-state index contributed by atoms with van der Waals surface area (Å²) in [6.07, 6.45) is 3.60. The Morgan fingerprint density at radius 2 is 2.00 bits per heavy atom. The van der Waals surface area contributed by atoms with Crippen LogP contribution in [0.3, 0.4) is 0 Å². The van der Waals surface area contributed by atoms with Crippen LogP contribution in [0.2, 0.25) is 0 Å². The van der Waals surface area contributed by atoms with Gasteiger partial charge in [-0.25, -0.2) is 14.1 Å². The van der Waals surface area contributed by atoms with Crippen molar-refractivity contribution in [3.63, 3.8) is 0 Å². The monoisotopic (exact) mass is 270 g/mol. The van der Waals surface area contributed by atoms with Crippen LogP contribution in [-0.4, -0.2) is 19.7 Å². The minimum absolute atomic E-state index is 0.176. The molecule has 0 radical (unpaired) electrons. The number of nitrogens with one attached hydrogen (secondary N) is 1. The second-order valence-corrected chi connectivity index (χ2v) is 5.00. The van der Waals surface area contributed by atoms with Crippen LogP contribution in [0.4, 0.5) is 4.39 Å². The second kappa shape index (κ2) is 4.00. The molecule has 0 spiro atoms. The largest absolute Gasteiger partial charge is 0.310 e. The topological polar surface area (TPSA) is 63.6 Å². The smallest absolute Gasteiger partial charge is 0.262 e. The molecule has 0 aliphatic heterocycles. The number of benzene rings is 1. The fourth-order valence-corrected chi connectivity index (χ4v) is 2.26. The number of aromatic amines is 1. The number of rotatable bonds is 2. The first-order valence-electron chi connectivity index (χ1n) is 6.46. The lowest BCUT2D eigenvalue weighted by Gasteiger charge is -2.03. The van der Waals surface area contributed by atoms with Crippen LogP contribution in [-0.2, 0) is 0 Å². The normalized spacial score (nSPS) is 14.8. The molecule has 1 aromatic carbocycles. The number of nitrogens with zero attached hydrogens (tertiary/aromatic N) is 3. The molecule has 5 nitrogen and oxygen atoms in total. The highest BCUT2D eigenvalue weighted by atomic mass is 19.1. The van der Waals surface area contributed by atoms with E-state index in [1.54, 1.807) is 16.8 Å². The van der Waals surface area contributed by atoms with Gasteiger partial charge >= 0.3 is 0 Å². The van der Waals surface area contributed by atoms with Crippen LogP contribution in [0.25, 0.3) is 16.7 Å². The Balaban J connectivity index is 1.95. The number of aromatic nitrogens is 4. The Morgan fingerprint density at radius 3 is 2.70 bits per heavy atom. The maximum atomic E-state index is 13.0. The zero-order valence-corrected chi connectivity index (χ0v) is 10.5. The Bertz CT molecular complexity index is 846. The van der Waals surface area contributed by atoms with Gasteiger partial charge in [-0.3, -0.25) is 4.79 Å². The van der Waals surface area contributed by atoms with Crippen molar-refractivity contribution in [2.45, 2.75) is 18.8 Å². The van der Waals surface area contributed by atoms with Crippen molar-refractivity contribution < 1.29 is 4.39 Å². The van der Waals surface area contributed by atoms with E-state index in [1.807, 2.05) is 0 Å². The van der Waals surface area contributed by atoms with Gasteiger partial charge in [0.1, 0.15) is 17.0 Å². The lowest BCUT2D eigenvalue weighted by atomic mass is 10.3. The molecule has 0 amide bonds. The van der Waals surface area contributed by atoms with E-state index < -0.39 is 0 Å². The van der Waals surface area contributed by atoms with Crippen molar-refractivity contribution in [3.8, 4) is 5.69 Å². The number of fused-ring (bicyclic) bond motifs is 1. The first-order valence-corrected chi connectivity index (χ1v) is 6.46. The quantitative estimate of drug-likeness (QED) is 0.775. The lowest BCUT2D eigenvalue weighted by Crippen LogP contribution is -2.11. The van der Waals surface area contributed by atoms with Crippen molar-refractivity contribution in [1.29, 1.82) is 0 Å². The van der Waals surface area contributed by atoms with Crippen LogP contribution >= 0.6 is 0 Å².